The number of imide groups is 1. The highest BCUT2D eigenvalue weighted by molar-refractivity contribution is 6.00. The Morgan fingerprint density at radius 1 is 1.28 bits per heavy atom. The Kier molecular flexibility index (Phi) is 3.94. The van der Waals surface area contributed by atoms with Crippen LogP contribution in [0, 0.1) is 0 Å². The van der Waals surface area contributed by atoms with Crippen LogP contribution in [-0.4, -0.2) is 30.1 Å². The first kappa shape index (κ1) is 12.6. The summed E-state index contributed by atoms with van der Waals surface area (Å²) in [5.41, 5.74) is 1.81. The summed E-state index contributed by atoms with van der Waals surface area (Å²) < 4.78 is 0. The highest BCUT2D eigenvalue weighted by Crippen LogP contribution is 2.25. The second-order valence-electron chi connectivity index (χ2n) is 4.28. The van der Waals surface area contributed by atoms with Crippen molar-refractivity contribution in [3.8, 4) is 0 Å². The summed E-state index contributed by atoms with van der Waals surface area (Å²) in [5.74, 6) is -0.658. The fraction of sp³-hybridized carbons (Fsp3) is 0.385. The van der Waals surface area contributed by atoms with Crippen LogP contribution in [0.2, 0.25) is 0 Å². The molecule has 2 amide bonds. The van der Waals surface area contributed by atoms with Gasteiger partial charge in [-0.15, -0.1) is 0 Å². The molecule has 2 rings (SSSR count). The zero-order valence-electron chi connectivity index (χ0n) is 9.98. The monoisotopic (exact) mass is 248 g/mol. The molecule has 0 saturated carbocycles. The van der Waals surface area contributed by atoms with Gasteiger partial charge >= 0.3 is 0 Å². The van der Waals surface area contributed by atoms with Crippen LogP contribution in [0.25, 0.3) is 0 Å². The number of carbonyl (C=O) groups is 2. The maximum Gasteiger partial charge on any atom is 0.234 e. The number of hydrogen-bond donors (Lipinski definition) is 3. The number of aliphatic hydroxyl groups is 1. The van der Waals surface area contributed by atoms with Crippen molar-refractivity contribution in [2.75, 3.05) is 18.5 Å². The van der Waals surface area contributed by atoms with Crippen LogP contribution in [0.15, 0.2) is 24.3 Å². The van der Waals surface area contributed by atoms with E-state index < -0.39 is 0 Å². The van der Waals surface area contributed by atoms with Gasteiger partial charge in [-0.25, -0.2) is 0 Å². The molecule has 1 fully saturated rings. The number of piperidine rings is 1. The van der Waals surface area contributed by atoms with Gasteiger partial charge < -0.3 is 10.4 Å². The van der Waals surface area contributed by atoms with Gasteiger partial charge in [0.15, 0.2) is 0 Å². The lowest BCUT2D eigenvalue weighted by Crippen LogP contribution is -2.39. The molecule has 0 radical (unpaired) electrons. The van der Waals surface area contributed by atoms with E-state index in [4.69, 9.17) is 5.11 Å². The Labute approximate surface area is 105 Å². The van der Waals surface area contributed by atoms with Crippen molar-refractivity contribution in [3.05, 3.63) is 29.8 Å². The third-order valence-corrected chi connectivity index (χ3v) is 2.99. The molecule has 1 heterocycles. The normalized spacial score (nSPS) is 19.5. The number of carbonyl (C=O) groups excluding carboxylic acids is 2. The summed E-state index contributed by atoms with van der Waals surface area (Å²) >= 11 is 0. The molecule has 1 atom stereocenters. The Morgan fingerprint density at radius 3 is 2.61 bits per heavy atom. The molecular weight excluding hydrogens is 232 g/mol. The minimum atomic E-state index is -0.241. The van der Waals surface area contributed by atoms with Crippen molar-refractivity contribution in [1.82, 2.24) is 5.32 Å². The summed E-state index contributed by atoms with van der Waals surface area (Å²) in [6.45, 7) is 0.576. The van der Waals surface area contributed by atoms with E-state index in [1.165, 1.54) is 0 Å². The van der Waals surface area contributed by atoms with Gasteiger partial charge in [0.1, 0.15) is 0 Å². The van der Waals surface area contributed by atoms with Crippen LogP contribution in [0.3, 0.4) is 0 Å². The van der Waals surface area contributed by atoms with Crippen LogP contribution in [-0.2, 0) is 9.59 Å². The van der Waals surface area contributed by atoms with Crippen molar-refractivity contribution >= 4 is 17.5 Å². The van der Waals surface area contributed by atoms with Crippen LogP contribution < -0.4 is 10.6 Å². The topological polar surface area (TPSA) is 78.4 Å². The minimum absolute atomic E-state index is 0.0783. The smallest absolute Gasteiger partial charge is 0.234 e. The van der Waals surface area contributed by atoms with Crippen molar-refractivity contribution in [2.24, 2.45) is 0 Å². The molecule has 5 nitrogen and oxygen atoms in total. The van der Waals surface area contributed by atoms with Crippen molar-refractivity contribution < 1.29 is 14.7 Å². The maximum atomic E-state index is 11.7. The van der Waals surface area contributed by atoms with Gasteiger partial charge in [-0.2, -0.15) is 0 Å². The molecule has 0 spiro atoms. The molecule has 1 unspecified atom stereocenters. The fourth-order valence-electron chi connectivity index (χ4n) is 2.05. The second kappa shape index (κ2) is 5.64. The molecule has 0 aromatic heterocycles. The van der Waals surface area contributed by atoms with E-state index in [9.17, 15) is 9.59 Å². The van der Waals surface area contributed by atoms with E-state index in [0.29, 0.717) is 19.4 Å². The summed E-state index contributed by atoms with van der Waals surface area (Å²) in [6.07, 6.45) is 0.953. The lowest BCUT2D eigenvalue weighted by Gasteiger charge is -2.21. The molecule has 3 N–H and O–H groups in total. The SMILES string of the molecule is O=C1CCC(c2ccc(NCCO)cc2)C(=O)N1. The lowest BCUT2D eigenvalue weighted by atomic mass is 9.90. The molecule has 1 aromatic carbocycles. The number of aliphatic hydroxyl groups excluding tert-OH is 1. The van der Waals surface area contributed by atoms with Gasteiger partial charge in [0.05, 0.1) is 12.5 Å². The number of nitrogens with one attached hydrogen (secondary N) is 2. The molecule has 1 aliphatic rings. The number of amides is 2. The molecule has 0 bridgehead atoms. The van der Waals surface area contributed by atoms with E-state index >= 15 is 0 Å². The quantitative estimate of drug-likeness (QED) is 0.682. The van der Waals surface area contributed by atoms with E-state index in [1.54, 1.807) is 0 Å². The fourth-order valence-corrected chi connectivity index (χ4v) is 2.05. The molecule has 1 aromatic rings. The summed E-state index contributed by atoms with van der Waals surface area (Å²) in [7, 11) is 0. The van der Waals surface area contributed by atoms with Crippen LogP contribution in [0.4, 0.5) is 5.69 Å². The average Bonchev–Trinajstić information content (AvgIpc) is 2.37. The van der Waals surface area contributed by atoms with Crippen molar-refractivity contribution in [2.45, 2.75) is 18.8 Å². The highest BCUT2D eigenvalue weighted by atomic mass is 16.3. The molecule has 96 valence electrons. The molecule has 0 aliphatic carbocycles. The first-order chi connectivity index (χ1) is 8.70. The van der Waals surface area contributed by atoms with E-state index in [2.05, 4.69) is 10.6 Å². The molecule has 1 saturated heterocycles. The van der Waals surface area contributed by atoms with Gasteiger partial charge in [-0.3, -0.25) is 14.9 Å². The second-order valence-corrected chi connectivity index (χ2v) is 4.28. The Hall–Kier alpha value is -1.88. The lowest BCUT2D eigenvalue weighted by molar-refractivity contribution is -0.134. The standard InChI is InChI=1S/C13H16N2O3/c16-8-7-14-10-3-1-9(2-4-10)11-5-6-12(17)15-13(11)18/h1-4,11,14,16H,5-8H2,(H,15,17,18). The van der Waals surface area contributed by atoms with E-state index in [0.717, 1.165) is 11.3 Å². The van der Waals surface area contributed by atoms with Crippen molar-refractivity contribution in [1.29, 1.82) is 0 Å². The zero-order chi connectivity index (χ0) is 13.0. The zero-order valence-corrected chi connectivity index (χ0v) is 9.98. The van der Waals surface area contributed by atoms with Gasteiger partial charge in [0.2, 0.25) is 11.8 Å². The van der Waals surface area contributed by atoms with Gasteiger partial charge in [-0.05, 0) is 24.1 Å². The highest BCUT2D eigenvalue weighted by Gasteiger charge is 2.27. The molecule has 1 aliphatic heterocycles. The number of benzene rings is 1. The van der Waals surface area contributed by atoms with Gasteiger partial charge in [-0.1, -0.05) is 12.1 Å². The minimum Gasteiger partial charge on any atom is -0.395 e. The predicted molar refractivity (Wildman–Crippen MR) is 67.1 cm³/mol. The number of hydrogen-bond acceptors (Lipinski definition) is 4. The largest absolute Gasteiger partial charge is 0.395 e. The van der Waals surface area contributed by atoms with Crippen molar-refractivity contribution in [3.63, 3.8) is 0 Å². The Bertz CT molecular complexity index is 442. The van der Waals surface area contributed by atoms with Crippen LogP contribution >= 0.6 is 0 Å². The summed E-state index contributed by atoms with van der Waals surface area (Å²) in [5, 5.41) is 14.1. The third-order valence-electron chi connectivity index (χ3n) is 2.99. The van der Waals surface area contributed by atoms with Crippen LogP contribution in [0.1, 0.15) is 24.3 Å². The maximum absolute atomic E-state index is 11.7. The van der Waals surface area contributed by atoms with Gasteiger partial charge in [0.25, 0.3) is 0 Å². The molecular formula is C13H16N2O3. The Morgan fingerprint density at radius 2 is 2.00 bits per heavy atom. The van der Waals surface area contributed by atoms with Crippen LogP contribution in [0.5, 0.6) is 0 Å². The first-order valence-electron chi connectivity index (χ1n) is 5.99. The molecule has 18 heavy (non-hydrogen) atoms. The number of rotatable bonds is 4. The number of anilines is 1. The van der Waals surface area contributed by atoms with E-state index in [-0.39, 0.29) is 24.3 Å². The summed E-state index contributed by atoms with van der Waals surface area (Å²) in [4.78, 5) is 22.7. The average molecular weight is 248 g/mol. The molecule has 5 heteroatoms. The first-order valence-corrected chi connectivity index (χ1v) is 5.99. The predicted octanol–water partition coefficient (Wildman–Crippen LogP) is 0.611. The van der Waals surface area contributed by atoms with E-state index in [1.807, 2.05) is 24.3 Å². The summed E-state index contributed by atoms with van der Waals surface area (Å²) in [6, 6.07) is 7.49. The Balaban J connectivity index is 2.05. The third kappa shape index (κ3) is 2.87. The van der Waals surface area contributed by atoms with Gasteiger partial charge in [0, 0.05) is 18.7 Å².